The van der Waals surface area contributed by atoms with Crippen LogP contribution in [0.25, 0.3) is 0 Å². The molecule has 0 spiro atoms. The van der Waals surface area contributed by atoms with Crippen molar-refractivity contribution in [1.29, 1.82) is 0 Å². The summed E-state index contributed by atoms with van der Waals surface area (Å²) in [6.07, 6.45) is 0. The van der Waals surface area contributed by atoms with Gasteiger partial charge in [-0.1, -0.05) is 0 Å². The first-order valence-corrected chi connectivity index (χ1v) is 6.07. The van der Waals surface area contributed by atoms with Gasteiger partial charge >= 0.3 is 0 Å². The van der Waals surface area contributed by atoms with Gasteiger partial charge in [0.05, 0.1) is 0 Å². The third kappa shape index (κ3) is 2.27. The van der Waals surface area contributed by atoms with Crippen LogP contribution < -0.4 is 0 Å². The van der Waals surface area contributed by atoms with Crippen LogP contribution in [0.4, 0.5) is 4.39 Å². The van der Waals surface area contributed by atoms with E-state index in [1.807, 2.05) is 0 Å². The predicted molar refractivity (Wildman–Crippen MR) is 50.0 cm³/mol. The van der Waals surface area contributed by atoms with E-state index in [0.717, 1.165) is 6.07 Å². The second-order valence-corrected chi connectivity index (χ2v) is 5.45. The molecule has 1 aromatic rings. The second kappa shape index (κ2) is 3.43. The quantitative estimate of drug-likeness (QED) is 0.450. The largest absolute Gasteiger partial charge is 0.281 e. The van der Waals surface area contributed by atoms with Crippen LogP contribution >= 0.6 is 33.3 Å². The molecule has 0 aromatic carbocycles. The van der Waals surface area contributed by atoms with Crippen LogP contribution in [0, 0.1) is 9.52 Å². The molecular weight excluding hydrogens is 319 g/mol. The Morgan fingerprint density at radius 2 is 2.08 bits per heavy atom. The number of aromatic nitrogens is 1. The van der Waals surface area contributed by atoms with Crippen molar-refractivity contribution < 1.29 is 12.8 Å². The molecule has 1 rings (SSSR count). The molecule has 1 heterocycles. The Kier molecular flexibility index (Phi) is 2.89. The minimum absolute atomic E-state index is 0.369. The number of hydrogen-bond donors (Lipinski definition) is 0. The summed E-state index contributed by atoms with van der Waals surface area (Å²) in [7, 11) is 0.828. The van der Waals surface area contributed by atoms with Gasteiger partial charge in [-0.15, -0.1) is 0 Å². The monoisotopic (exact) mass is 321 g/mol. The molecule has 12 heavy (non-hydrogen) atoms. The lowest BCUT2D eigenvalue weighted by Gasteiger charge is -1.96. The van der Waals surface area contributed by atoms with E-state index in [1.165, 1.54) is 6.07 Å². The molecule has 0 atom stereocenters. The summed E-state index contributed by atoms with van der Waals surface area (Å²) in [6, 6.07) is 2.35. The SMILES string of the molecule is O=S(=O)(Cl)c1nc(I)ccc1F. The number of pyridine rings is 1. The molecule has 0 saturated carbocycles. The lowest BCUT2D eigenvalue weighted by Crippen LogP contribution is -2.00. The standard InChI is InChI=1S/C5H2ClFINO2S/c6-12(10,11)5-3(7)1-2-4(8)9-5/h1-2H. The lowest BCUT2D eigenvalue weighted by atomic mass is 10.5. The summed E-state index contributed by atoms with van der Waals surface area (Å²) in [5.74, 6) is -0.939. The maximum atomic E-state index is 12.7. The average molecular weight is 321 g/mol. The predicted octanol–water partition coefficient (Wildman–Crippen LogP) is 1.75. The first-order chi connectivity index (χ1) is 5.41. The minimum atomic E-state index is -4.07. The fourth-order valence-corrected chi connectivity index (χ4v) is 1.99. The Labute approximate surface area is 86.5 Å². The zero-order valence-corrected chi connectivity index (χ0v) is 9.19. The van der Waals surface area contributed by atoms with Gasteiger partial charge in [0.2, 0.25) is 5.03 Å². The first-order valence-electron chi connectivity index (χ1n) is 2.68. The fourth-order valence-electron chi connectivity index (χ4n) is 0.572. The Morgan fingerprint density at radius 3 is 2.50 bits per heavy atom. The van der Waals surface area contributed by atoms with E-state index in [-0.39, 0.29) is 0 Å². The molecule has 0 amide bonds. The number of nitrogens with zero attached hydrogens (tertiary/aromatic N) is 1. The number of halogens is 3. The lowest BCUT2D eigenvalue weighted by molar-refractivity contribution is 0.560. The van der Waals surface area contributed by atoms with Crippen LogP contribution in [-0.2, 0) is 9.05 Å². The van der Waals surface area contributed by atoms with Crippen molar-refractivity contribution in [2.24, 2.45) is 0 Å². The minimum Gasteiger partial charge on any atom is -0.226 e. The molecule has 0 fully saturated rings. The van der Waals surface area contributed by atoms with Gasteiger partial charge in [-0.3, -0.25) is 0 Å². The van der Waals surface area contributed by atoms with Crippen LogP contribution in [0.3, 0.4) is 0 Å². The fraction of sp³-hybridized carbons (Fsp3) is 0. The van der Waals surface area contributed by atoms with Crippen molar-refractivity contribution in [3.8, 4) is 0 Å². The van der Waals surface area contributed by atoms with Gasteiger partial charge in [0.25, 0.3) is 9.05 Å². The zero-order valence-electron chi connectivity index (χ0n) is 5.46. The Hall–Kier alpha value is 0.0500. The number of rotatable bonds is 1. The molecule has 0 aliphatic rings. The molecule has 0 N–H and O–H groups in total. The molecular formula is C5H2ClFINO2S. The highest BCUT2D eigenvalue weighted by Crippen LogP contribution is 2.17. The Morgan fingerprint density at radius 1 is 1.50 bits per heavy atom. The third-order valence-electron chi connectivity index (χ3n) is 1.01. The maximum Gasteiger partial charge on any atom is 0.281 e. The second-order valence-electron chi connectivity index (χ2n) is 1.86. The summed E-state index contributed by atoms with van der Waals surface area (Å²) in [5, 5.41) is -0.726. The summed E-state index contributed by atoms with van der Waals surface area (Å²) < 4.78 is 34.4. The highest BCUT2D eigenvalue weighted by molar-refractivity contribution is 14.1. The van der Waals surface area contributed by atoms with Crippen molar-refractivity contribution >= 4 is 42.3 Å². The Balaban J connectivity index is 3.43. The van der Waals surface area contributed by atoms with Gasteiger partial charge in [-0.05, 0) is 34.7 Å². The average Bonchev–Trinajstić information content (AvgIpc) is 1.92. The molecule has 0 bridgehead atoms. The first kappa shape index (κ1) is 10.1. The van der Waals surface area contributed by atoms with Gasteiger partial charge in [-0.25, -0.2) is 17.8 Å². The van der Waals surface area contributed by atoms with Crippen molar-refractivity contribution in [2.75, 3.05) is 0 Å². The van der Waals surface area contributed by atoms with E-state index in [2.05, 4.69) is 4.98 Å². The van der Waals surface area contributed by atoms with E-state index in [9.17, 15) is 12.8 Å². The molecule has 7 heteroatoms. The van der Waals surface area contributed by atoms with Gasteiger partial charge in [0.1, 0.15) is 3.70 Å². The molecule has 0 saturated heterocycles. The van der Waals surface area contributed by atoms with Crippen LogP contribution in [0.15, 0.2) is 17.2 Å². The molecule has 0 aliphatic carbocycles. The highest BCUT2D eigenvalue weighted by Gasteiger charge is 2.17. The summed E-state index contributed by atoms with van der Waals surface area (Å²) in [4.78, 5) is 3.44. The number of hydrogen-bond acceptors (Lipinski definition) is 3. The molecule has 3 nitrogen and oxygen atoms in total. The molecule has 66 valence electrons. The molecule has 1 aromatic heterocycles. The molecule has 0 radical (unpaired) electrons. The van der Waals surface area contributed by atoms with Gasteiger partial charge < -0.3 is 0 Å². The van der Waals surface area contributed by atoms with Gasteiger partial charge in [0.15, 0.2) is 5.82 Å². The van der Waals surface area contributed by atoms with Crippen molar-refractivity contribution in [2.45, 2.75) is 5.03 Å². The van der Waals surface area contributed by atoms with Crippen molar-refractivity contribution in [3.63, 3.8) is 0 Å². The third-order valence-corrected chi connectivity index (χ3v) is 2.80. The molecule has 0 aliphatic heterocycles. The van der Waals surface area contributed by atoms with E-state index in [1.54, 1.807) is 22.6 Å². The summed E-state index contributed by atoms with van der Waals surface area (Å²) in [6.45, 7) is 0. The van der Waals surface area contributed by atoms with Crippen LogP contribution in [0.2, 0.25) is 0 Å². The topological polar surface area (TPSA) is 47.0 Å². The van der Waals surface area contributed by atoms with E-state index < -0.39 is 19.9 Å². The molecule has 0 unspecified atom stereocenters. The zero-order chi connectivity index (χ0) is 9.35. The maximum absolute atomic E-state index is 12.7. The summed E-state index contributed by atoms with van der Waals surface area (Å²) in [5.41, 5.74) is 0. The van der Waals surface area contributed by atoms with Crippen LogP contribution in [-0.4, -0.2) is 13.4 Å². The van der Waals surface area contributed by atoms with Gasteiger partial charge in [-0.2, -0.15) is 0 Å². The highest BCUT2D eigenvalue weighted by atomic mass is 127. The van der Waals surface area contributed by atoms with E-state index in [0.29, 0.717) is 3.70 Å². The van der Waals surface area contributed by atoms with Crippen LogP contribution in [0.5, 0.6) is 0 Å². The Bertz CT molecular complexity index is 408. The van der Waals surface area contributed by atoms with Crippen molar-refractivity contribution in [3.05, 3.63) is 21.7 Å². The normalized spacial score (nSPS) is 11.6. The smallest absolute Gasteiger partial charge is 0.226 e. The van der Waals surface area contributed by atoms with E-state index >= 15 is 0 Å². The van der Waals surface area contributed by atoms with Crippen molar-refractivity contribution in [1.82, 2.24) is 4.98 Å². The van der Waals surface area contributed by atoms with Gasteiger partial charge in [0, 0.05) is 10.7 Å². The van der Waals surface area contributed by atoms with Crippen LogP contribution in [0.1, 0.15) is 0 Å². The van der Waals surface area contributed by atoms with E-state index in [4.69, 9.17) is 10.7 Å². The summed E-state index contributed by atoms with van der Waals surface area (Å²) >= 11 is 1.76.